The third-order valence-electron chi connectivity index (χ3n) is 3.06. The van der Waals surface area contributed by atoms with E-state index in [0.29, 0.717) is 23.9 Å². The van der Waals surface area contributed by atoms with E-state index in [9.17, 15) is 4.79 Å². The van der Waals surface area contributed by atoms with Gasteiger partial charge in [0.2, 0.25) is 0 Å². The minimum Gasteiger partial charge on any atom is -0.494 e. The van der Waals surface area contributed by atoms with E-state index in [0.717, 1.165) is 18.6 Å². The molecule has 2 N–H and O–H groups in total. The van der Waals surface area contributed by atoms with Gasteiger partial charge in [0.15, 0.2) is 5.69 Å². The van der Waals surface area contributed by atoms with Gasteiger partial charge in [0.05, 0.1) is 12.3 Å². The van der Waals surface area contributed by atoms with Crippen LogP contribution in [0.5, 0.6) is 5.75 Å². The van der Waals surface area contributed by atoms with Crippen LogP contribution in [-0.4, -0.2) is 27.5 Å². The molecular weight excluding hydrogens is 292 g/mol. The number of hydrogen-bond acceptors (Lipinski definition) is 4. The first kappa shape index (κ1) is 15.3. The van der Waals surface area contributed by atoms with E-state index < -0.39 is 5.91 Å². The number of carbonyl (C=O) groups excluding carboxylic acids is 1. The number of unbranched alkanes of at least 4 members (excludes halogenated alkanes) is 1. The van der Waals surface area contributed by atoms with E-state index in [1.165, 1.54) is 0 Å². The Morgan fingerprint density at radius 2 is 2.05 bits per heavy atom. The minimum atomic E-state index is -0.551. The second-order valence-electron chi connectivity index (χ2n) is 4.62. The average molecular weight is 309 g/mol. The molecule has 0 aliphatic carbocycles. The van der Waals surface area contributed by atoms with Crippen molar-refractivity contribution in [3.05, 3.63) is 40.7 Å². The zero-order chi connectivity index (χ0) is 15.2. The molecular formula is C14H17ClN4O2. The number of primary amides is 1. The van der Waals surface area contributed by atoms with E-state index in [1.807, 2.05) is 12.1 Å². The van der Waals surface area contributed by atoms with Gasteiger partial charge in [-0.3, -0.25) is 4.79 Å². The molecule has 1 heterocycles. The number of ether oxygens (including phenoxy) is 1. The lowest BCUT2D eigenvalue weighted by molar-refractivity contribution is 0.0995. The van der Waals surface area contributed by atoms with Gasteiger partial charge in [-0.25, -0.2) is 4.68 Å². The Balaban J connectivity index is 1.72. The molecule has 0 unspecified atom stereocenters. The fraction of sp³-hybridized carbons (Fsp3) is 0.357. The Kier molecular flexibility index (Phi) is 5.16. The smallest absolute Gasteiger partial charge is 0.271 e. The maximum atomic E-state index is 11.1. The number of hydrogen-bond donors (Lipinski definition) is 1. The molecule has 1 aromatic heterocycles. The highest BCUT2D eigenvalue weighted by Gasteiger charge is 2.12. The summed E-state index contributed by atoms with van der Waals surface area (Å²) >= 11 is 5.80. The van der Waals surface area contributed by atoms with Crippen molar-refractivity contribution in [1.82, 2.24) is 15.0 Å². The van der Waals surface area contributed by atoms with Crippen molar-refractivity contribution < 1.29 is 9.53 Å². The average Bonchev–Trinajstić information content (AvgIpc) is 2.82. The quantitative estimate of drug-likeness (QED) is 0.795. The van der Waals surface area contributed by atoms with Gasteiger partial charge in [-0.05, 0) is 44.0 Å². The summed E-state index contributed by atoms with van der Waals surface area (Å²) in [6.07, 6.45) is 1.74. The zero-order valence-corrected chi connectivity index (χ0v) is 12.5. The van der Waals surface area contributed by atoms with Gasteiger partial charge < -0.3 is 10.5 Å². The van der Waals surface area contributed by atoms with Crippen LogP contribution in [0.25, 0.3) is 0 Å². The highest BCUT2D eigenvalue weighted by atomic mass is 35.5. The van der Waals surface area contributed by atoms with E-state index in [2.05, 4.69) is 10.3 Å². The fourth-order valence-corrected chi connectivity index (χ4v) is 2.01. The lowest BCUT2D eigenvalue weighted by atomic mass is 10.3. The molecule has 0 aliphatic rings. The van der Waals surface area contributed by atoms with Gasteiger partial charge in [0.1, 0.15) is 5.75 Å². The molecule has 0 bridgehead atoms. The van der Waals surface area contributed by atoms with Crippen LogP contribution < -0.4 is 10.5 Å². The maximum Gasteiger partial charge on any atom is 0.271 e. The zero-order valence-electron chi connectivity index (χ0n) is 11.8. The summed E-state index contributed by atoms with van der Waals surface area (Å²) < 4.78 is 7.28. The lowest BCUT2D eigenvalue weighted by Crippen LogP contribution is -2.13. The first-order valence-corrected chi connectivity index (χ1v) is 7.04. The molecule has 0 saturated carbocycles. The molecule has 21 heavy (non-hydrogen) atoms. The Labute approximate surface area is 127 Å². The van der Waals surface area contributed by atoms with E-state index in [1.54, 1.807) is 23.7 Å². The van der Waals surface area contributed by atoms with Crippen LogP contribution in [0.1, 0.15) is 29.0 Å². The first-order chi connectivity index (χ1) is 10.1. The molecule has 0 fully saturated rings. The van der Waals surface area contributed by atoms with E-state index in [-0.39, 0.29) is 5.69 Å². The largest absolute Gasteiger partial charge is 0.494 e. The van der Waals surface area contributed by atoms with Crippen LogP contribution >= 0.6 is 11.6 Å². The molecule has 0 saturated heterocycles. The molecule has 0 spiro atoms. The van der Waals surface area contributed by atoms with Crippen molar-refractivity contribution in [2.45, 2.75) is 26.3 Å². The van der Waals surface area contributed by atoms with E-state index in [4.69, 9.17) is 22.1 Å². The number of rotatable bonds is 7. The van der Waals surface area contributed by atoms with Crippen LogP contribution in [0.2, 0.25) is 5.02 Å². The second-order valence-corrected chi connectivity index (χ2v) is 5.06. The number of nitrogens with two attached hydrogens (primary N) is 1. The molecule has 0 aliphatic heterocycles. The number of carbonyl (C=O) groups is 1. The third kappa shape index (κ3) is 4.19. The SMILES string of the molecule is Cc1c(C(N)=O)nnn1CCCCOc1ccc(Cl)cc1. The van der Waals surface area contributed by atoms with Gasteiger partial charge >= 0.3 is 0 Å². The van der Waals surface area contributed by atoms with Crippen molar-refractivity contribution >= 4 is 17.5 Å². The summed E-state index contributed by atoms with van der Waals surface area (Å²) in [7, 11) is 0. The fourth-order valence-electron chi connectivity index (χ4n) is 1.88. The second kappa shape index (κ2) is 7.08. The summed E-state index contributed by atoms with van der Waals surface area (Å²) in [4.78, 5) is 11.1. The summed E-state index contributed by atoms with van der Waals surface area (Å²) in [5.74, 6) is 0.247. The number of aryl methyl sites for hydroxylation is 1. The van der Waals surface area contributed by atoms with Gasteiger partial charge in [-0.2, -0.15) is 0 Å². The molecule has 0 radical (unpaired) electrons. The summed E-state index contributed by atoms with van der Waals surface area (Å²) in [5.41, 5.74) is 6.12. The van der Waals surface area contributed by atoms with Crippen molar-refractivity contribution in [2.75, 3.05) is 6.61 Å². The standard InChI is InChI=1S/C14H17ClN4O2/c1-10-13(14(16)20)17-18-19(10)8-2-3-9-21-12-6-4-11(15)5-7-12/h4-7H,2-3,8-9H2,1H3,(H2,16,20). The molecule has 7 heteroatoms. The van der Waals surface area contributed by atoms with Crippen molar-refractivity contribution in [2.24, 2.45) is 5.73 Å². The van der Waals surface area contributed by atoms with Crippen LogP contribution in [0.15, 0.2) is 24.3 Å². The molecule has 2 aromatic rings. The van der Waals surface area contributed by atoms with Crippen LogP contribution in [0, 0.1) is 6.92 Å². The predicted molar refractivity (Wildman–Crippen MR) is 79.5 cm³/mol. The van der Waals surface area contributed by atoms with Crippen molar-refractivity contribution in [3.8, 4) is 5.75 Å². The van der Waals surface area contributed by atoms with Gasteiger partial charge in [-0.1, -0.05) is 16.8 Å². The minimum absolute atomic E-state index is 0.229. The van der Waals surface area contributed by atoms with Gasteiger partial charge in [-0.15, -0.1) is 5.10 Å². The maximum absolute atomic E-state index is 11.1. The summed E-state index contributed by atoms with van der Waals surface area (Å²) in [5, 5.41) is 8.37. The number of amides is 1. The molecule has 112 valence electrons. The number of halogens is 1. The molecule has 0 atom stereocenters. The molecule has 6 nitrogen and oxygen atoms in total. The van der Waals surface area contributed by atoms with Crippen LogP contribution in [0.4, 0.5) is 0 Å². The Morgan fingerprint density at radius 1 is 1.33 bits per heavy atom. The summed E-state index contributed by atoms with van der Waals surface area (Å²) in [6.45, 7) is 3.07. The highest BCUT2D eigenvalue weighted by Crippen LogP contribution is 2.15. The lowest BCUT2D eigenvalue weighted by Gasteiger charge is -2.06. The first-order valence-electron chi connectivity index (χ1n) is 6.66. The molecule has 2 rings (SSSR count). The Bertz CT molecular complexity index is 610. The van der Waals surface area contributed by atoms with Gasteiger partial charge in [0, 0.05) is 11.6 Å². The van der Waals surface area contributed by atoms with Crippen molar-refractivity contribution in [1.29, 1.82) is 0 Å². The monoisotopic (exact) mass is 308 g/mol. The van der Waals surface area contributed by atoms with E-state index >= 15 is 0 Å². The van der Waals surface area contributed by atoms with Crippen LogP contribution in [0.3, 0.4) is 0 Å². The molecule has 1 amide bonds. The number of aromatic nitrogens is 3. The molecule has 1 aromatic carbocycles. The number of benzene rings is 1. The predicted octanol–water partition coefficient (Wildman–Crippen LogP) is 2.20. The van der Waals surface area contributed by atoms with Crippen LogP contribution in [-0.2, 0) is 6.54 Å². The Morgan fingerprint density at radius 3 is 2.67 bits per heavy atom. The van der Waals surface area contributed by atoms with Gasteiger partial charge in [0.25, 0.3) is 5.91 Å². The highest BCUT2D eigenvalue weighted by molar-refractivity contribution is 6.30. The normalized spacial score (nSPS) is 10.6. The third-order valence-corrected chi connectivity index (χ3v) is 3.31. The topological polar surface area (TPSA) is 83.0 Å². The summed E-state index contributed by atoms with van der Waals surface area (Å²) in [6, 6.07) is 7.26. The number of nitrogens with zero attached hydrogens (tertiary/aromatic N) is 3. The van der Waals surface area contributed by atoms with Crippen molar-refractivity contribution in [3.63, 3.8) is 0 Å². The Hall–Kier alpha value is -2.08.